The lowest BCUT2D eigenvalue weighted by Gasteiger charge is -2.11. The Kier molecular flexibility index (Phi) is 5.10. The molecule has 1 heterocycles. The Morgan fingerprint density at radius 1 is 1.43 bits per heavy atom. The summed E-state index contributed by atoms with van der Waals surface area (Å²) in [5, 5.41) is 0.917. The second kappa shape index (κ2) is 6.65. The Morgan fingerprint density at radius 3 is 2.81 bits per heavy atom. The van der Waals surface area contributed by atoms with Crippen LogP contribution in [0.1, 0.15) is 34.8 Å². The number of rotatable bonds is 6. The number of nitrogens with zero attached hydrogens (tertiary/aromatic N) is 1. The maximum atomic E-state index is 12.3. The van der Waals surface area contributed by atoms with Crippen molar-refractivity contribution in [1.29, 1.82) is 0 Å². The second-order valence-electron chi connectivity index (χ2n) is 4.76. The quantitative estimate of drug-likeness (QED) is 0.853. The van der Waals surface area contributed by atoms with E-state index in [9.17, 15) is 8.42 Å². The molecule has 0 aliphatic rings. The average Bonchev–Trinajstić information content (AvgIpc) is 2.90. The largest absolute Gasteiger partial charge is 0.324 e. The molecule has 21 heavy (non-hydrogen) atoms. The molecule has 3 N–H and O–H groups in total. The zero-order chi connectivity index (χ0) is 15.5. The van der Waals surface area contributed by atoms with Crippen LogP contribution in [0.25, 0.3) is 0 Å². The molecule has 7 heteroatoms. The normalized spacial score (nSPS) is 13.3. The molecule has 0 saturated carbocycles. The SMILES string of the molecule is CCC(N)c1cccc(S(=O)(=O)NCc2cnc(C)s2)c1. The predicted molar refractivity (Wildman–Crippen MR) is 84.5 cm³/mol. The standard InChI is InChI=1S/C14H19N3O2S2/c1-3-14(15)11-5-4-6-13(7-11)21(18,19)17-9-12-8-16-10(2)20-12/h4-8,14,17H,3,9,15H2,1-2H3. The van der Waals surface area contributed by atoms with E-state index in [4.69, 9.17) is 5.73 Å². The van der Waals surface area contributed by atoms with Gasteiger partial charge in [-0.2, -0.15) is 0 Å². The van der Waals surface area contributed by atoms with E-state index in [1.54, 1.807) is 24.4 Å². The van der Waals surface area contributed by atoms with Gasteiger partial charge in [-0.1, -0.05) is 19.1 Å². The number of thiazole rings is 1. The average molecular weight is 325 g/mol. The summed E-state index contributed by atoms with van der Waals surface area (Å²) in [6.07, 6.45) is 2.45. The van der Waals surface area contributed by atoms with Crippen molar-refractivity contribution in [2.75, 3.05) is 0 Å². The summed E-state index contributed by atoms with van der Waals surface area (Å²) in [7, 11) is -3.54. The minimum atomic E-state index is -3.54. The highest BCUT2D eigenvalue weighted by Crippen LogP contribution is 2.19. The monoisotopic (exact) mass is 325 g/mol. The summed E-state index contributed by atoms with van der Waals surface area (Å²) >= 11 is 1.48. The zero-order valence-electron chi connectivity index (χ0n) is 12.0. The van der Waals surface area contributed by atoms with Crippen molar-refractivity contribution in [3.63, 3.8) is 0 Å². The first-order valence-corrected chi connectivity index (χ1v) is 8.99. The summed E-state index contributed by atoms with van der Waals surface area (Å²) in [5.74, 6) is 0. The molecule has 0 bridgehead atoms. The molecule has 1 aromatic heterocycles. The molecule has 1 atom stereocenters. The third-order valence-electron chi connectivity index (χ3n) is 3.14. The van der Waals surface area contributed by atoms with Crippen LogP contribution in [0.5, 0.6) is 0 Å². The van der Waals surface area contributed by atoms with Crippen LogP contribution in [-0.4, -0.2) is 13.4 Å². The van der Waals surface area contributed by atoms with E-state index in [-0.39, 0.29) is 17.5 Å². The number of hydrogen-bond acceptors (Lipinski definition) is 5. The fourth-order valence-corrected chi connectivity index (χ4v) is 3.77. The van der Waals surface area contributed by atoms with Crippen LogP contribution < -0.4 is 10.5 Å². The maximum absolute atomic E-state index is 12.3. The minimum absolute atomic E-state index is 0.149. The summed E-state index contributed by atoms with van der Waals surface area (Å²) in [4.78, 5) is 5.23. The van der Waals surface area contributed by atoms with Crippen molar-refractivity contribution in [3.05, 3.63) is 45.9 Å². The van der Waals surface area contributed by atoms with E-state index in [1.807, 2.05) is 19.9 Å². The number of nitrogens with one attached hydrogen (secondary N) is 1. The fraction of sp³-hybridized carbons (Fsp3) is 0.357. The lowest BCUT2D eigenvalue weighted by atomic mass is 10.1. The summed E-state index contributed by atoms with van der Waals surface area (Å²) in [5.41, 5.74) is 6.78. The van der Waals surface area contributed by atoms with Gasteiger partial charge in [-0.25, -0.2) is 18.1 Å². The number of nitrogens with two attached hydrogens (primary N) is 1. The van der Waals surface area contributed by atoms with E-state index in [0.717, 1.165) is 21.9 Å². The Bertz CT molecular complexity index is 711. The number of sulfonamides is 1. The molecule has 5 nitrogen and oxygen atoms in total. The third-order valence-corrected chi connectivity index (χ3v) is 5.45. The van der Waals surface area contributed by atoms with Gasteiger partial charge in [0.1, 0.15) is 0 Å². The van der Waals surface area contributed by atoms with Crippen molar-refractivity contribution >= 4 is 21.4 Å². The van der Waals surface area contributed by atoms with Crippen LogP contribution in [0, 0.1) is 6.92 Å². The smallest absolute Gasteiger partial charge is 0.240 e. The van der Waals surface area contributed by atoms with Gasteiger partial charge in [0.15, 0.2) is 0 Å². The van der Waals surface area contributed by atoms with Crippen molar-refractivity contribution in [2.24, 2.45) is 5.73 Å². The molecule has 0 aliphatic carbocycles. The van der Waals surface area contributed by atoms with Gasteiger partial charge in [-0.3, -0.25) is 0 Å². The first kappa shape index (κ1) is 16.1. The van der Waals surface area contributed by atoms with Crippen molar-refractivity contribution in [2.45, 2.75) is 37.8 Å². The highest BCUT2D eigenvalue weighted by atomic mass is 32.2. The van der Waals surface area contributed by atoms with Gasteiger partial charge in [0.25, 0.3) is 0 Å². The Balaban J connectivity index is 2.15. The zero-order valence-corrected chi connectivity index (χ0v) is 13.7. The lowest BCUT2D eigenvalue weighted by Crippen LogP contribution is -2.23. The van der Waals surface area contributed by atoms with Crippen LogP contribution in [-0.2, 0) is 16.6 Å². The van der Waals surface area contributed by atoms with E-state index >= 15 is 0 Å². The van der Waals surface area contributed by atoms with Crippen LogP contribution in [0.2, 0.25) is 0 Å². The molecular weight excluding hydrogens is 306 g/mol. The molecule has 2 rings (SSSR count). The maximum Gasteiger partial charge on any atom is 0.240 e. The highest BCUT2D eigenvalue weighted by molar-refractivity contribution is 7.89. The summed E-state index contributed by atoms with van der Waals surface area (Å²) in [6.45, 7) is 4.10. The first-order valence-electron chi connectivity index (χ1n) is 6.69. The van der Waals surface area contributed by atoms with Crippen LogP contribution in [0.3, 0.4) is 0 Å². The topological polar surface area (TPSA) is 85.1 Å². The number of hydrogen-bond donors (Lipinski definition) is 2. The molecule has 114 valence electrons. The van der Waals surface area contributed by atoms with Gasteiger partial charge >= 0.3 is 0 Å². The molecule has 0 fully saturated rings. The highest BCUT2D eigenvalue weighted by Gasteiger charge is 2.16. The third kappa shape index (κ3) is 4.10. The fourth-order valence-electron chi connectivity index (χ4n) is 1.88. The summed E-state index contributed by atoms with van der Waals surface area (Å²) < 4.78 is 27.2. The van der Waals surface area contributed by atoms with Gasteiger partial charge < -0.3 is 5.73 Å². The van der Waals surface area contributed by atoms with E-state index in [2.05, 4.69) is 9.71 Å². The van der Waals surface area contributed by atoms with Gasteiger partial charge in [0, 0.05) is 23.7 Å². The Labute approximate surface area is 129 Å². The van der Waals surface area contributed by atoms with Gasteiger partial charge in [0.05, 0.1) is 9.90 Å². The van der Waals surface area contributed by atoms with E-state index in [1.165, 1.54) is 11.3 Å². The van der Waals surface area contributed by atoms with Crippen molar-refractivity contribution in [3.8, 4) is 0 Å². The Hall–Kier alpha value is -1.28. The molecule has 1 unspecified atom stereocenters. The number of aromatic nitrogens is 1. The molecule has 0 spiro atoms. The van der Waals surface area contributed by atoms with Gasteiger partial charge in [-0.05, 0) is 31.0 Å². The van der Waals surface area contributed by atoms with E-state index in [0.29, 0.717) is 0 Å². The molecule has 0 saturated heterocycles. The second-order valence-corrected chi connectivity index (χ2v) is 7.84. The molecule has 1 aromatic carbocycles. The Morgan fingerprint density at radius 2 is 2.19 bits per heavy atom. The molecule has 0 amide bonds. The first-order chi connectivity index (χ1) is 9.92. The van der Waals surface area contributed by atoms with Crippen molar-refractivity contribution < 1.29 is 8.42 Å². The van der Waals surface area contributed by atoms with Crippen LogP contribution >= 0.6 is 11.3 Å². The molecule has 0 aliphatic heterocycles. The molecular formula is C14H19N3O2S2. The van der Waals surface area contributed by atoms with Gasteiger partial charge in [0.2, 0.25) is 10.0 Å². The van der Waals surface area contributed by atoms with Gasteiger partial charge in [-0.15, -0.1) is 11.3 Å². The summed E-state index contributed by atoms with van der Waals surface area (Å²) in [6, 6.07) is 6.63. The van der Waals surface area contributed by atoms with E-state index < -0.39 is 10.0 Å². The predicted octanol–water partition coefficient (Wildman–Crippen LogP) is 2.34. The number of aryl methyl sites for hydroxylation is 1. The van der Waals surface area contributed by atoms with Crippen LogP contribution in [0.15, 0.2) is 35.4 Å². The van der Waals surface area contributed by atoms with Crippen molar-refractivity contribution in [1.82, 2.24) is 9.71 Å². The molecule has 0 radical (unpaired) electrons. The lowest BCUT2D eigenvalue weighted by molar-refractivity contribution is 0.581. The minimum Gasteiger partial charge on any atom is -0.324 e. The number of benzene rings is 1. The molecule has 2 aromatic rings. The van der Waals surface area contributed by atoms with Crippen LogP contribution in [0.4, 0.5) is 0 Å².